The summed E-state index contributed by atoms with van der Waals surface area (Å²) in [5.74, 6) is -1.07. The molecule has 0 bridgehead atoms. The first-order chi connectivity index (χ1) is 15.5. The number of benzene rings is 2. The standard InChI is InChI=1S/C24H27F2N3O3/c25-20-7-5-18(6-8-20)23(30)28-10-2-9-27(11-12-28)16-22-17-29(13-14-32-22)24(31)19-3-1-4-21(26)15-19/h1,3-8,15,22H,2,9-14,16-17H2. The summed E-state index contributed by atoms with van der Waals surface area (Å²) in [5.41, 5.74) is 0.831. The van der Waals surface area contributed by atoms with Crippen molar-refractivity contribution in [2.24, 2.45) is 0 Å². The fourth-order valence-corrected chi connectivity index (χ4v) is 4.24. The van der Waals surface area contributed by atoms with Gasteiger partial charge in [-0.3, -0.25) is 14.5 Å². The molecule has 0 aromatic heterocycles. The van der Waals surface area contributed by atoms with Crippen molar-refractivity contribution < 1.29 is 23.1 Å². The highest BCUT2D eigenvalue weighted by molar-refractivity contribution is 5.94. The van der Waals surface area contributed by atoms with Gasteiger partial charge < -0.3 is 14.5 Å². The van der Waals surface area contributed by atoms with E-state index in [0.29, 0.717) is 57.0 Å². The monoisotopic (exact) mass is 443 g/mol. The van der Waals surface area contributed by atoms with Gasteiger partial charge in [0.1, 0.15) is 11.6 Å². The number of ether oxygens (including phenoxy) is 1. The van der Waals surface area contributed by atoms with Gasteiger partial charge in [0, 0.05) is 50.4 Å². The molecule has 32 heavy (non-hydrogen) atoms. The third-order valence-electron chi connectivity index (χ3n) is 5.93. The van der Waals surface area contributed by atoms with Crippen molar-refractivity contribution in [1.82, 2.24) is 14.7 Å². The van der Waals surface area contributed by atoms with E-state index in [4.69, 9.17) is 4.74 Å². The van der Waals surface area contributed by atoms with Gasteiger partial charge in [0.15, 0.2) is 0 Å². The zero-order valence-electron chi connectivity index (χ0n) is 17.9. The molecule has 1 atom stereocenters. The number of amides is 2. The van der Waals surface area contributed by atoms with Gasteiger partial charge in [-0.1, -0.05) is 6.07 Å². The number of hydrogen-bond donors (Lipinski definition) is 0. The largest absolute Gasteiger partial charge is 0.373 e. The van der Waals surface area contributed by atoms with Crippen molar-refractivity contribution in [3.05, 3.63) is 71.3 Å². The second-order valence-electron chi connectivity index (χ2n) is 8.21. The van der Waals surface area contributed by atoms with Crippen LogP contribution in [0.3, 0.4) is 0 Å². The van der Waals surface area contributed by atoms with Gasteiger partial charge in [-0.2, -0.15) is 0 Å². The Morgan fingerprint density at radius 1 is 0.844 bits per heavy atom. The molecule has 2 heterocycles. The maximum Gasteiger partial charge on any atom is 0.254 e. The lowest BCUT2D eigenvalue weighted by atomic mass is 10.1. The van der Waals surface area contributed by atoms with Crippen molar-refractivity contribution in [3.63, 3.8) is 0 Å². The van der Waals surface area contributed by atoms with Crippen LogP contribution in [0.15, 0.2) is 48.5 Å². The SMILES string of the molecule is O=C(c1ccc(F)cc1)N1CCCN(CC2CN(C(=O)c3cccc(F)c3)CCO2)CC1. The average Bonchev–Trinajstić information content (AvgIpc) is 3.04. The normalized spacial score (nSPS) is 20.1. The molecule has 0 N–H and O–H groups in total. The first-order valence-corrected chi connectivity index (χ1v) is 10.9. The Morgan fingerprint density at radius 2 is 1.62 bits per heavy atom. The predicted octanol–water partition coefficient (Wildman–Crippen LogP) is 2.65. The Hall–Kier alpha value is -2.84. The van der Waals surface area contributed by atoms with Crippen molar-refractivity contribution in [3.8, 4) is 0 Å². The Balaban J connectivity index is 1.31. The van der Waals surface area contributed by atoms with Crippen molar-refractivity contribution in [2.75, 3.05) is 52.4 Å². The van der Waals surface area contributed by atoms with Crippen LogP contribution in [0.25, 0.3) is 0 Å². The molecule has 6 nitrogen and oxygen atoms in total. The average molecular weight is 443 g/mol. The zero-order valence-corrected chi connectivity index (χ0v) is 17.9. The lowest BCUT2D eigenvalue weighted by Gasteiger charge is -2.35. The van der Waals surface area contributed by atoms with Crippen LogP contribution < -0.4 is 0 Å². The molecule has 2 aliphatic heterocycles. The number of halogens is 2. The molecule has 1 unspecified atom stereocenters. The van der Waals surface area contributed by atoms with Crippen LogP contribution in [0.4, 0.5) is 8.78 Å². The molecule has 2 aliphatic rings. The van der Waals surface area contributed by atoms with Gasteiger partial charge in [0.25, 0.3) is 11.8 Å². The van der Waals surface area contributed by atoms with E-state index >= 15 is 0 Å². The summed E-state index contributed by atoms with van der Waals surface area (Å²) >= 11 is 0. The minimum atomic E-state index is -0.426. The second kappa shape index (κ2) is 10.2. The van der Waals surface area contributed by atoms with Crippen molar-refractivity contribution in [2.45, 2.75) is 12.5 Å². The number of hydrogen-bond acceptors (Lipinski definition) is 4. The molecule has 2 amide bonds. The predicted molar refractivity (Wildman–Crippen MR) is 115 cm³/mol. The molecule has 0 saturated carbocycles. The smallest absolute Gasteiger partial charge is 0.254 e. The first-order valence-electron chi connectivity index (χ1n) is 10.9. The molecular formula is C24H27F2N3O3. The van der Waals surface area contributed by atoms with Gasteiger partial charge in [0.05, 0.1) is 12.7 Å². The molecule has 0 spiro atoms. The summed E-state index contributed by atoms with van der Waals surface area (Å²) in [4.78, 5) is 31.2. The van der Waals surface area contributed by atoms with Crippen LogP contribution in [0, 0.1) is 11.6 Å². The maximum atomic E-state index is 13.5. The number of carbonyl (C=O) groups is 2. The molecule has 0 radical (unpaired) electrons. The molecule has 2 saturated heterocycles. The summed E-state index contributed by atoms with van der Waals surface area (Å²) in [6.45, 7) is 4.77. The minimum absolute atomic E-state index is 0.0902. The van der Waals surface area contributed by atoms with Crippen LogP contribution in [0.5, 0.6) is 0 Å². The van der Waals surface area contributed by atoms with Crippen LogP contribution in [0.1, 0.15) is 27.1 Å². The summed E-state index contributed by atoms with van der Waals surface area (Å²) in [6, 6.07) is 11.4. The number of rotatable bonds is 4. The van der Waals surface area contributed by atoms with Gasteiger partial charge in [-0.25, -0.2) is 8.78 Å². The van der Waals surface area contributed by atoms with E-state index in [0.717, 1.165) is 13.0 Å². The van der Waals surface area contributed by atoms with E-state index in [-0.39, 0.29) is 23.7 Å². The van der Waals surface area contributed by atoms with Crippen LogP contribution in [0.2, 0.25) is 0 Å². The molecule has 2 aromatic carbocycles. The number of carbonyl (C=O) groups excluding carboxylic acids is 2. The highest BCUT2D eigenvalue weighted by Gasteiger charge is 2.28. The second-order valence-corrected chi connectivity index (χ2v) is 8.21. The van der Waals surface area contributed by atoms with Gasteiger partial charge >= 0.3 is 0 Å². The Morgan fingerprint density at radius 3 is 2.41 bits per heavy atom. The maximum absolute atomic E-state index is 13.5. The molecule has 2 aromatic rings. The molecule has 4 rings (SSSR count). The van der Waals surface area contributed by atoms with E-state index in [2.05, 4.69) is 4.90 Å². The topological polar surface area (TPSA) is 53.1 Å². The molecule has 0 aliphatic carbocycles. The zero-order chi connectivity index (χ0) is 22.5. The third-order valence-corrected chi connectivity index (χ3v) is 5.93. The molecule has 170 valence electrons. The molecular weight excluding hydrogens is 416 g/mol. The Kier molecular flexibility index (Phi) is 7.12. The van der Waals surface area contributed by atoms with E-state index in [1.54, 1.807) is 15.9 Å². The fraction of sp³-hybridized carbons (Fsp3) is 0.417. The number of morpholine rings is 1. The lowest BCUT2D eigenvalue weighted by molar-refractivity contribution is -0.0353. The Labute approximate surface area is 186 Å². The van der Waals surface area contributed by atoms with Crippen LogP contribution in [-0.4, -0.2) is 85.0 Å². The van der Waals surface area contributed by atoms with Crippen molar-refractivity contribution in [1.29, 1.82) is 0 Å². The van der Waals surface area contributed by atoms with Crippen molar-refractivity contribution >= 4 is 11.8 Å². The number of nitrogens with zero attached hydrogens (tertiary/aromatic N) is 3. The third kappa shape index (κ3) is 5.49. The first kappa shape index (κ1) is 22.4. The quantitative estimate of drug-likeness (QED) is 0.729. The molecule has 2 fully saturated rings. The lowest BCUT2D eigenvalue weighted by Crippen LogP contribution is -2.50. The Bertz CT molecular complexity index is 954. The summed E-state index contributed by atoms with van der Waals surface area (Å²) in [5, 5.41) is 0. The fourth-order valence-electron chi connectivity index (χ4n) is 4.24. The minimum Gasteiger partial charge on any atom is -0.373 e. The van der Waals surface area contributed by atoms with E-state index in [9.17, 15) is 18.4 Å². The molecule has 8 heteroatoms. The van der Waals surface area contributed by atoms with E-state index < -0.39 is 5.82 Å². The summed E-state index contributed by atoms with van der Waals surface area (Å²) < 4.78 is 32.5. The van der Waals surface area contributed by atoms with Gasteiger partial charge in [-0.15, -0.1) is 0 Å². The highest BCUT2D eigenvalue weighted by atomic mass is 19.1. The van der Waals surface area contributed by atoms with Crippen LogP contribution >= 0.6 is 0 Å². The summed E-state index contributed by atoms with van der Waals surface area (Å²) in [7, 11) is 0. The van der Waals surface area contributed by atoms with Crippen LogP contribution in [-0.2, 0) is 4.74 Å². The van der Waals surface area contributed by atoms with Gasteiger partial charge in [0.2, 0.25) is 0 Å². The summed E-state index contributed by atoms with van der Waals surface area (Å²) in [6.07, 6.45) is 0.687. The van der Waals surface area contributed by atoms with E-state index in [1.807, 2.05) is 0 Å². The van der Waals surface area contributed by atoms with E-state index in [1.165, 1.54) is 42.5 Å². The van der Waals surface area contributed by atoms with Gasteiger partial charge in [-0.05, 0) is 55.4 Å². The highest BCUT2D eigenvalue weighted by Crippen LogP contribution is 2.15.